The third-order valence-electron chi connectivity index (χ3n) is 5.39. The van der Waals surface area contributed by atoms with Crippen molar-refractivity contribution < 1.29 is 14.4 Å². The van der Waals surface area contributed by atoms with E-state index in [0.717, 1.165) is 42.5 Å². The molecule has 0 radical (unpaired) electrons. The standard InChI is InChI=1S/C22H25ClN4O3/c1-29-27-19-5-3-2-4-18(19)24-21(28)20-12-17(15-8-10-16(23)11-9-15)22(26-25-20)30-13-14-6-7-14/h8-12,14,18H,2-7,13H2,1H3,(H,24,28)/b27-19+. The highest BCUT2D eigenvalue weighted by Crippen LogP contribution is 2.33. The fourth-order valence-electron chi connectivity index (χ4n) is 3.53. The molecule has 158 valence electrons. The van der Waals surface area contributed by atoms with E-state index in [-0.39, 0.29) is 17.6 Å². The molecule has 2 fully saturated rings. The van der Waals surface area contributed by atoms with Crippen LogP contribution in [0.25, 0.3) is 11.1 Å². The van der Waals surface area contributed by atoms with Crippen LogP contribution in [-0.2, 0) is 4.84 Å². The lowest BCUT2D eigenvalue weighted by Gasteiger charge is -2.24. The van der Waals surface area contributed by atoms with Crippen molar-refractivity contribution in [3.05, 3.63) is 41.0 Å². The molecule has 1 unspecified atom stereocenters. The van der Waals surface area contributed by atoms with Gasteiger partial charge in [0.1, 0.15) is 7.11 Å². The summed E-state index contributed by atoms with van der Waals surface area (Å²) in [5.41, 5.74) is 2.68. The summed E-state index contributed by atoms with van der Waals surface area (Å²) in [6, 6.07) is 8.95. The lowest BCUT2D eigenvalue weighted by molar-refractivity contribution is 0.0936. The molecule has 1 atom stereocenters. The first-order chi connectivity index (χ1) is 14.6. The molecule has 4 rings (SSSR count). The van der Waals surface area contributed by atoms with Crippen LogP contribution in [0.4, 0.5) is 0 Å². The predicted octanol–water partition coefficient (Wildman–Crippen LogP) is 4.26. The summed E-state index contributed by atoms with van der Waals surface area (Å²) in [4.78, 5) is 17.9. The minimum Gasteiger partial charge on any atom is -0.476 e. The maximum Gasteiger partial charge on any atom is 0.272 e. The van der Waals surface area contributed by atoms with E-state index >= 15 is 0 Å². The van der Waals surface area contributed by atoms with Crippen molar-refractivity contribution in [1.29, 1.82) is 0 Å². The Morgan fingerprint density at radius 1 is 1.20 bits per heavy atom. The molecule has 1 amide bonds. The molecule has 2 aliphatic rings. The molecule has 2 saturated carbocycles. The second-order valence-electron chi connectivity index (χ2n) is 7.75. The molecule has 0 bridgehead atoms. The molecular weight excluding hydrogens is 404 g/mol. The highest BCUT2D eigenvalue weighted by Gasteiger charge is 2.26. The van der Waals surface area contributed by atoms with E-state index < -0.39 is 0 Å². The summed E-state index contributed by atoms with van der Waals surface area (Å²) in [6.45, 7) is 0.611. The third-order valence-corrected chi connectivity index (χ3v) is 5.64. The topological polar surface area (TPSA) is 85.7 Å². The fraction of sp³-hybridized carbons (Fsp3) is 0.455. The van der Waals surface area contributed by atoms with Crippen LogP contribution in [0, 0.1) is 5.92 Å². The molecule has 1 aromatic carbocycles. The van der Waals surface area contributed by atoms with Crippen molar-refractivity contribution in [3.8, 4) is 17.0 Å². The molecular formula is C22H25ClN4O3. The number of nitrogens with one attached hydrogen (secondary N) is 1. The summed E-state index contributed by atoms with van der Waals surface area (Å²) in [5, 5.41) is 16.1. The highest BCUT2D eigenvalue weighted by molar-refractivity contribution is 6.30. The SMILES string of the molecule is CO/N=C1\CCCCC1NC(=O)c1cc(-c2ccc(Cl)cc2)c(OCC2CC2)nn1. The Labute approximate surface area is 180 Å². The summed E-state index contributed by atoms with van der Waals surface area (Å²) in [7, 11) is 1.52. The van der Waals surface area contributed by atoms with E-state index in [4.69, 9.17) is 21.2 Å². The Bertz CT molecular complexity index is 928. The Morgan fingerprint density at radius 2 is 2.00 bits per heavy atom. The van der Waals surface area contributed by atoms with Gasteiger partial charge in [-0.25, -0.2) is 0 Å². The molecule has 0 aliphatic heterocycles. The Morgan fingerprint density at radius 3 is 2.73 bits per heavy atom. The van der Waals surface area contributed by atoms with Gasteiger partial charge in [-0.05, 0) is 61.8 Å². The van der Waals surface area contributed by atoms with Crippen LogP contribution in [0.1, 0.15) is 49.0 Å². The number of carbonyl (C=O) groups excluding carboxylic acids is 1. The van der Waals surface area contributed by atoms with Crippen LogP contribution >= 0.6 is 11.6 Å². The lowest BCUT2D eigenvalue weighted by atomic mass is 9.93. The van der Waals surface area contributed by atoms with Crippen LogP contribution in [0.15, 0.2) is 35.5 Å². The van der Waals surface area contributed by atoms with Gasteiger partial charge in [-0.2, -0.15) is 0 Å². The second-order valence-corrected chi connectivity index (χ2v) is 8.18. The van der Waals surface area contributed by atoms with Gasteiger partial charge < -0.3 is 14.9 Å². The first kappa shape index (κ1) is 20.6. The summed E-state index contributed by atoms with van der Waals surface area (Å²) < 4.78 is 5.91. The van der Waals surface area contributed by atoms with Crippen LogP contribution in [0.2, 0.25) is 5.02 Å². The Kier molecular flexibility index (Phi) is 6.47. The third kappa shape index (κ3) is 5.08. The monoisotopic (exact) mass is 428 g/mol. The maximum absolute atomic E-state index is 12.9. The van der Waals surface area contributed by atoms with Gasteiger partial charge in [0.15, 0.2) is 5.69 Å². The van der Waals surface area contributed by atoms with Gasteiger partial charge in [0, 0.05) is 10.6 Å². The van der Waals surface area contributed by atoms with E-state index in [1.165, 1.54) is 20.0 Å². The van der Waals surface area contributed by atoms with Crippen LogP contribution in [0.5, 0.6) is 5.88 Å². The fourth-order valence-corrected chi connectivity index (χ4v) is 3.65. The molecule has 1 heterocycles. The van der Waals surface area contributed by atoms with Crippen molar-refractivity contribution in [1.82, 2.24) is 15.5 Å². The van der Waals surface area contributed by atoms with Crippen molar-refractivity contribution in [2.24, 2.45) is 11.1 Å². The smallest absolute Gasteiger partial charge is 0.272 e. The number of nitrogens with zero attached hydrogens (tertiary/aromatic N) is 3. The average molecular weight is 429 g/mol. The molecule has 30 heavy (non-hydrogen) atoms. The van der Waals surface area contributed by atoms with Crippen LogP contribution in [-0.4, -0.2) is 41.6 Å². The molecule has 8 heteroatoms. The zero-order valence-electron chi connectivity index (χ0n) is 16.9. The van der Waals surface area contributed by atoms with Gasteiger partial charge in [0.2, 0.25) is 5.88 Å². The molecule has 2 aromatic rings. The van der Waals surface area contributed by atoms with Crippen molar-refractivity contribution in [3.63, 3.8) is 0 Å². The van der Waals surface area contributed by atoms with Crippen molar-refractivity contribution in [2.75, 3.05) is 13.7 Å². The van der Waals surface area contributed by atoms with E-state index in [2.05, 4.69) is 20.7 Å². The summed E-state index contributed by atoms with van der Waals surface area (Å²) >= 11 is 6.03. The second kappa shape index (κ2) is 9.43. The number of benzene rings is 1. The average Bonchev–Trinajstić information content (AvgIpc) is 3.59. The molecule has 7 nitrogen and oxygen atoms in total. The zero-order chi connectivity index (χ0) is 20.9. The minimum atomic E-state index is -0.290. The maximum atomic E-state index is 12.9. The first-order valence-electron chi connectivity index (χ1n) is 10.3. The Hall–Kier alpha value is -2.67. The summed E-state index contributed by atoms with van der Waals surface area (Å²) in [6.07, 6.45) is 6.07. The van der Waals surface area contributed by atoms with Gasteiger partial charge in [-0.3, -0.25) is 4.79 Å². The van der Waals surface area contributed by atoms with Gasteiger partial charge in [-0.1, -0.05) is 35.3 Å². The molecule has 0 saturated heterocycles. The van der Waals surface area contributed by atoms with Gasteiger partial charge in [0.25, 0.3) is 5.91 Å². The zero-order valence-corrected chi connectivity index (χ0v) is 17.7. The van der Waals surface area contributed by atoms with Gasteiger partial charge in [-0.15, -0.1) is 10.2 Å². The van der Waals surface area contributed by atoms with Crippen molar-refractivity contribution in [2.45, 2.75) is 44.6 Å². The number of hydrogen-bond donors (Lipinski definition) is 1. The molecule has 1 aromatic heterocycles. The van der Waals surface area contributed by atoms with E-state index in [0.29, 0.717) is 23.4 Å². The Balaban J connectivity index is 1.57. The number of rotatable bonds is 7. The van der Waals surface area contributed by atoms with Crippen LogP contribution < -0.4 is 10.1 Å². The van der Waals surface area contributed by atoms with E-state index in [1.807, 2.05) is 12.1 Å². The predicted molar refractivity (Wildman–Crippen MR) is 115 cm³/mol. The molecule has 1 N–H and O–H groups in total. The van der Waals surface area contributed by atoms with Gasteiger partial charge in [0.05, 0.1) is 18.4 Å². The number of carbonyl (C=O) groups is 1. The van der Waals surface area contributed by atoms with Gasteiger partial charge >= 0.3 is 0 Å². The number of halogens is 1. The number of aromatic nitrogens is 2. The number of oxime groups is 1. The largest absolute Gasteiger partial charge is 0.476 e. The number of amides is 1. The quantitative estimate of drug-likeness (QED) is 0.666. The normalized spacial score (nSPS) is 20.1. The van der Waals surface area contributed by atoms with Crippen molar-refractivity contribution >= 4 is 23.2 Å². The van der Waals surface area contributed by atoms with E-state index in [9.17, 15) is 4.79 Å². The van der Waals surface area contributed by atoms with Crippen LogP contribution in [0.3, 0.4) is 0 Å². The molecule has 2 aliphatic carbocycles. The number of hydrogen-bond acceptors (Lipinski definition) is 6. The molecule has 0 spiro atoms. The number of ether oxygens (including phenoxy) is 1. The van der Waals surface area contributed by atoms with E-state index in [1.54, 1.807) is 18.2 Å². The lowest BCUT2D eigenvalue weighted by Crippen LogP contribution is -2.43. The highest BCUT2D eigenvalue weighted by atomic mass is 35.5. The first-order valence-corrected chi connectivity index (χ1v) is 10.7. The minimum absolute atomic E-state index is 0.155. The summed E-state index contributed by atoms with van der Waals surface area (Å²) in [5.74, 6) is 0.722.